The molecule has 0 spiro atoms. The summed E-state index contributed by atoms with van der Waals surface area (Å²) >= 11 is 0. The van der Waals surface area contributed by atoms with Gasteiger partial charge in [0.05, 0.1) is 0 Å². The van der Waals surface area contributed by atoms with Gasteiger partial charge in [-0.2, -0.15) is 0 Å². The average molecular weight is 255 g/mol. The molecule has 1 saturated heterocycles. The van der Waals surface area contributed by atoms with Gasteiger partial charge in [0, 0.05) is 19.2 Å². The Morgan fingerprint density at radius 3 is 2.61 bits per heavy atom. The highest BCUT2D eigenvalue weighted by atomic mass is 16.6. The van der Waals surface area contributed by atoms with Gasteiger partial charge in [-0.05, 0) is 39.5 Å². The van der Waals surface area contributed by atoms with Gasteiger partial charge in [-0.15, -0.1) is 0 Å². The third kappa shape index (κ3) is 5.21. The van der Waals surface area contributed by atoms with E-state index in [0.29, 0.717) is 13.1 Å². The second-order valence-electron chi connectivity index (χ2n) is 5.53. The smallest absolute Gasteiger partial charge is 0.410 e. The van der Waals surface area contributed by atoms with Crippen LogP contribution in [0.25, 0.3) is 0 Å². The van der Waals surface area contributed by atoms with Gasteiger partial charge in [-0.1, -0.05) is 6.08 Å². The molecule has 1 aliphatic heterocycles. The van der Waals surface area contributed by atoms with E-state index in [1.165, 1.54) is 0 Å². The summed E-state index contributed by atoms with van der Waals surface area (Å²) < 4.78 is 5.30. The molecule has 5 heteroatoms. The number of likely N-dealkylation sites (tertiary alicyclic amines) is 1. The van der Waals surface area contributed by atoms with E-state index in [0.717, 1.165) is 18.9 Å². The molecule has 0 radical (unpaired) electrons. The Kier molecular flexibility index (Phi) is 4.76. The summed E-state index contributed by atoms with van der Waals surface area (Å²) in [6.07, 6.45) is 4.25. The zero-order valence-corrected chi connectivity index (χ0v) is 11.2. The molecule has 0 aromatic carbocycles. The van der Waals surface area contributed by atoms with Crippen LogP contribution < -0.4 is 0 Å². The molecular weight excluding hydrogens is 234 g/mol. The minimum Gasteiger partial charge on any atom is -0.478 e. The maximum absolute atomic E-state index is 11.9. The van der Waals surface area contributed by atoms with Crippen molar-refractivity contribution in [2.75, 3.05) is 13.1 Å². The highest BCUT2D eigenvalue weighted by molar-refractivity contribution is 5.79. The fourth-order valence-electron chi connectivity index (χ4n) is 1.88. The van der Waals surface area contributed by atoms with Crippen LogP contribution in [0.3, 0.4) is 0 Å². The normalized spacial score (nSPS) is 21.1. The first-order chi connectivity index (χ1) is 8.28. The van der Waals surface area contributed by atoms with Crippen LogP contribution in [0.5, 0.6) is 0 Å². The van der Waals surface area contributed by atoms with Gasteiger partial charge >= 0.3 is 12.1 Å². The van der Waals surface area contributed by atoms with Crippen molar-refractivity contribution in [3.8, 4) is 0 Å². The molecule has 1 N–H and O–H groups in total. The van der Waals surface area contributed by atoms with Gasteiger partial charge in [0.25, 0.3) is 0 Å². The van der Waals surface area contributed by atoms with Gasteiger partial charge in [0.1, 0.15) is 5.60 Å². The highest BCUT2D eigenvalue weighted by Gasteiger charge is 2.26. The maximum atomic E-state index is 11.9. The standard InChI is InChI=1S/C13H21NO4/c1-13(2,3)18-12(17)14-8-4-5-10(9-14)6-7-11(15)16/h6-7,10H,4-5,8-9H2,1-3H3,(H,15,16)/b7-6+/t10-/m1/s1. The number of piperidine rings is 1. The molecule has 1 amide bonds. The van der Waals surface area contributed by atoms with Gasteiger partial charge in [0.15, 0.2) is 0 Å². The summed E-state index contributed by atoms with van der Waals surface area (Å²) in [5.41, 5.74) is -0.499. The Labute approximate surface area is 107 Å². The van der Waals surface area contributed by atoms with Crippen molar-refractivity contribution in [1.82, 2.24) is 4.90 Å². The number of carboxylic acid groups (broad SMARTS) is 1. The van der Waals surface area contributed by atoms with Crippen molar-refractivity contribution < 1.29 is 19.4 Å². The van der Waals surface area contributed by atoms with Gasteiger partial charge in [0.2, 0.25) is 0 Å². The lowest BCUT2D eigenvalue weighted by Gasteiger charge is -2.33. The van der Waals surface area contributed by atoms with E-state index in [4.69, 9.17) is 9.84 Å². The predicted molar refractivity (Wildman–Crippen MR) is 67.3 cm³/mol. The van der Waals surface area contributed by atoms with Crippen molar-refractivity contribution in [3.05, 3.63) is 12.2 Å². The van der Waals surface area contributed by atoms with E-state index >= 15 is 0 Å². The van der Waals surface area contributed by atoms with Crippen LogP contribution in [0.15, 0.2) is 12.2 Å². The summed E-state index contributed by atoms with van der Waals surface area (Å²) in [5.74, 6) is -0.855. The Balaban J connectivity index is 2.53. The van der Waals surface area contributed by atoms with E-state index in [-0.39, 0.29) is 12.0 Å². The zero-order chi connectivity index (χ0) is 13.8. The third-order valence-corrected chi connectivity index (χ3v) is 2.62. The molecule has 1 fully saturated rings. The molecule has 1 rings (SSSR count). The number of amides is 1. The number of ether oxygens (including phenoxy) is 1. The molecule has 1 heterocycles. The molecule has 18 heavy (non-hydrogen) atoms. The van der Waals surface area contributed by atoms with Crippen LogP contribution in [0.2, 0.25) is 0 Å². The number of hydrogen-bond donors (Lipinski definition) is 1. The molecule has 0 unspecified atom stereocenters. The van der Waals surface area contributed by atoms with Crippen LogP contribution >= 0.6 is 0 Å². The van der Waals surface area contributed by atoms with Crippen molar-refractivity contribution in [2.24, 2.45) is 5.92 Å². The highest BCUT2D eigenvalue weighted by Crippen LogP contribution is 2.20. The molecule has 102 valence electrons. The van der Waals surface area contributed by atoms with E-state index in [2.05, 4.69) is 0 Å². The Hall–Kier alpha value is -1.52. The van der Waals surface area contributed by atoms with Crippen LogP contribution in [-0.2, 0) is 9.53 Å². The second-order valence-corrected chi connectivity index (χ2v) is 5.53. The zero-order valence-electron chi connectivity index (χ0n) is 11.2. The first-order valence-corrected chi connectivity index (χ1v) is 6.17. The topological polar surface area (TPSA) is 66.8 Å². The molecular formula is C13H21NO4. The van der Waals surface area contributed by atoms with E-state index in [1.54, 1.807) is 11.0 Å². The molecule has 0 aliphatic carbocycles. The first kappa shape index (κ1) is 14.5. The lowest BCUT2D eigenvalue weighted by molar-refractivity contribution is -0.131. The van der Waals surface area contributed by atoms with Crippen molar-refractivity contribution in [3.63, 3.8) is 0 Å². The van der Waals surface area contributed by atoms with Crippen molar-refractivity contribution in [1.29, 1.82) is 0 Å². The lowest BCUT2D eigenvalue weighted by Crippen LogP contribution is -2.42. The molecule has 0 aromatic heterocycles. The van der Waals surface area contributed by atoms with Crippen LogP contribution in [0.1, 0.15) is 33.6 Å². The first-order valence-electron chi connectivity index (χ1n) is 6.17. The largest absolute Gasteiger partial charge is 0.478 e. The van der Waals surface area contributed by atoms with Gasteiger partial charge in [-0.3, -0.25) is 0 Å². The number of nitrogens with zero attached hydrogens (tertiary/aromatic N) is 1. The number of hydrogen-bond acceptors (Lipinski definition) is 3. The Morgan fingerprint density at radius 1 is 1.39 bits per heavy atom. The van der Waals surface area contributed by atoms with Gasteiger partial charge < -0.3 is 14.7 Å². The monoisotopic (exact) mass is 255 g/mol. The Morgan fingerprint density at radius 2 is 2.06 bits per heavy atom. The van der Waals surface area contributed by atoms with Crippen LogP contribution in [0, 0.1) is 5.92 Å². The maximum Gasteiger partial charge on any atom is 0.410 e. The molecule has 1 atom stereocenters. The SMILES string of the molecule is CC(C)(C)OC(=O)N1CCC[C@H](/C=C/C(=O)O)C1. The third-order valence-electron chi connectivity index (χ3n) is 2.62. The number of rotatable bonds is 2. The summed E-state index contributed by atoms with van der Waals surface area (Å²) in [7, 11) is 0. The van der Waals surface area contributed by atoms with Crippen molar-refractivity contribution >= 4 is 12.1 Å². The summed E-state index contributed by atoms with van der Waals surface area (Å²) in [4.78, 5) is 24.0. The summed E-state index contributed by atoms with van der Waals surface area (Å²) in [6.45, 7) is 6.69. The number of carbonyl (C=O) groups is 2. The van der Waals surface area contributed by atoms with E-state index < -0.39 is 11.6 Å². The fourth-order valence-corrected chi connectivity index (χ4v) is 1.88. The van der Waals surface area contributed by atoms with Gasteiger partial charge in [-0.25, -0.2) is 9.59 Å². The average Bonchev–Trinajstić information content (AvgIpc) is 2.24. The van der Waals surface area contributed by atoms with E-state index in [9.17, 15) is 9.59 Å². The van der Waals surface area contributed by atoms with Crippen LogP contribution in [-0.4, -0.2) is 40.8 Å². The molecule has 5 nitrogen and oxygen atoms in total. The number of carbonyl (C=O) groups excluding carboxylic acids is 1. The molecule has 0 aromatic rings. The number of carboxylic acids is 1. The second kappa shape index (κ2) is 5.89. The summed E-state index contributed by atoms with van der Waals surface area (Å²) in [5, 5.41) is 8.58. The fraction of sp³-hybridized carbons (Fsp3) is 0.692. The minimum atomic E-state index is -0.954. The predicted octanol–water partition coefficient (Wildman–Crippen LogP) is 2.27. The Bertz CT molecular complexity index is 343. The minimum absolute atomic E-state index is 0.0994. The molecule has 0 saturated carbocycles. The molecule has 1 aliphatic rings. The molecule has 0 bridgehead atoms. The van der Waals surface area contributed by atoms with Crippen molar-refractivity contribution in [2.45, 2.75) is 39.2 Å². The summed E-state index contributed by atoms with van der Waals surface area (Å²) in [6, 6.07) is 0. The van der Waals surface area contributed by atoms with E-state index in [1.807, 2.05) is 20.8 Å². The lowest BCUT2D eigenvalue weighted by atomic mass is 9.98. The number of aliphatic carboxylic acids is 1. The van der Waals surface area contributed by atoms with Crippen LogP contribution in [0.4, 0.5) is 4.79 Å². The quantitative estimate of drug-likeness (QED) is 0.769.